The normalized spacial score (nSPS) is 23.6. The van der Waals surface area contributed by atoms with Crippen molar-refractivity contribution in [2.24, 2.45) is 0 Å². The van der Waals surface area contributed by atoms with Crippen molar-refractivity contribution in [1.82, 2.24) is 4.98 Å². The van der Waals surface area contributed by atoms with Gasteiger partial charge in [0.15, 0.2) is 0 Å². The van der Waals surface area contributed by atoms with Gasteiger partial charge in [-0.3, -0.25) is 0 Å². The Morgan fingerprint density at radius 3 is 2.47 bits per heavy atom. The molecule has 1 unspecified atom stereocenters. The van der Waals surface area contributed by atoms with Crippen molar-refractivity contribution >= 4 is 17.6 Å². The molecule has 0 aliphatic carbocycles. The molecule has 0 amide bonds. The Balaban J connectivity index is 1.46. The number of anilines is 1. The molecule has 2 fully saturated rings. The van der Waals surface area contributed by atoms with Crippen molar-refractivity contribution in [3.05, 3.63) is 47.7 Å². The number of hydrogen-bond donors (Lipinski definition) is 0. The number of piperidine rings is 1. The van der Waals surface area contributed by atoms with Crippen LogP contribution >= 0.6 is 11.8 Å². The largest absolute Gasteiger partial charge is 0.492 e. The van der Waals surface area contributed by atoms with Crippen molar-refractivity contribution in [2.45, 2.75) is 74.4 Å². The maximum absolute atomic E-state index is 12.9. The van der Waals surface area contributed by atoms with Gasteiger partial charge in [-0.1, -0.05) is 13.0 Å². The number of ether oxygens (including phenoxy) is 1. The van der Waals surface area contributed by atoms with E-state index in [1.807, 2.05) is 11.8 Å². The summed E-state index contributed by atoms with van der Waals surface area (Å²) in [5.74, 6) is 1.63. The van der Waals surface area contributed by atoms with Gasteiger partial charge in [0.25, 0.3) is 0 Å². The minimum Gasteiger partial charge on any atom is -0.492 e. The Morgan fingerprint density at radius 2 is 1.87 bits per heavy atom. The summed E-state index contributed by atoms with van der Waals surface area (Å²) in [6.45, 7) is 4.88. The van der Waals surface area contributed by atoms with E-state index in [0.717, 1.165) is 50.1 Å². The zero-order chi connectivity index (χ0) is 21.3. The topological polar surface area (TPSA) is 25.4 Å². The van der Waals surface area contributed by atoms with Gasteiger partial charge in [-0.05, 0) is 68.9 Å². The van der Waals surface area contributed by atoms with Crippen molar-refractivity contribution < 1.29 is 17.9 Å². The van der Waals surface area contributed by atoms with Crippen LogP contribution in [0.5, 0.6) is 5.75 Å². The third-order valence-corrected chi connectivity index (χ3v) is 7.19. The molecule has 4 rings (SSSR count). The van der Waals surface area contributed by atoms with Gasteiger partial charge in [-0.25, -0.2) is 4.98 Å². The van der Waals surface area contributed by atoms with Gasteiger partial charge in [0, 0.05) is 28.4 Å². The molecule has 1 aromatic carbocycles. The lowest BCUT2D eigenvalue weighted by Gasteiger charge is -2.39. The molecule has 1 aromatic heterocycles. The van der Waals surface area contributed by atoms with Crippen LogP contribution in [-0.2, 0) is 6.18 Å². The van der Waals surface area contributed by atoms with Crippen LogP contribution in [-0.4, -0.2) is 28.9 Å². The maximum Gasteiger partial charge on any atom is 0.417 e. The second-order valence-corrected chi connectivity index (χ2v) is 9.55. The number of alkyl halides is 3. The first-order valence-electron chi connectivity index (χ1n) is 10.6. The van der Waals surface area contributed by atoms with Gasteiger partial charge in [0.2, 0.25) is 0 Å². The van der Waals surface area contributed by atoms with Gasteiger partial charge in [0.1, 0.15) is 11.6 Å². The molecule has 2 aliphatic rings. The van der Waals surface area contributed by atoms with E-state index in [1.165, 1.54) is 16.5 Å². The summed E-state index contributed by atoms with van der Waals surface area (Å²) in [6, 6.07) is 9.71. The average molecular weight is 437 g/mol. The molecule has 3 heterocycles. The summed E-state index contributed by atoms with van der Waals surface area (Å²) in [7, 11) is 0. The Labute approximate surface area is 180 Å². The van der Waals surface area contributed by atoms with Crippen LogP contribution in [0.1, 0.15) is 50.2 Å². The lowest BCUT2D eigenvalue weighted by molar-refractivity contribution is -0.137. The van der Waals surface area contributed by atoms with Crippen LogP contribution in [0.4, 0.5) is 19.0 Å². The van der Waals surface area contributed by atoms with Crippen LogP contribution in [0.15, 0.2) is 41.4 Å². The standard InChI is InChI=1S/C23H27F3N2OS/c1-3-10-29-20-11-15(2)4-8-21(20)30-19-12-17-6-7-18(13-19)28(17)22-9-5-16(14-27-22)23(24,25)26/h4-5,8-9,11,14,17-19H,3,6-7,10,12-13H2,1-2H3/t17-,18+,19?. The molecule has 2 bridgehead atoms. The van der Waals surface area contributed by atoms with Crippen LogP contribution in [0, 0.1) is 6.92 Å². The second kappa shape index (κ2) is 8.69. The number of halogens is 3. The van der Waals surface area contributed by atoms with E-state index < -0.39 is 11.7 Å². The SMILES string of the molecule is CCCOc1cc(C)ccc1SC1C[C@H]2CC[C@@H](C1)N2c1ccc(C(F)(F)F)cn1. The highest BCUT2D eigenvalue weighted by Gasteiger charge is 2.42. The summed E-state index contributed by atoms with van der Waals surface area (Å²) in [4.78, 5) is 7.59. The van der Waals surface area contributed by atoms with E-state index in [9.17, 15) is 13.2 Å². The zero-order valence-electron chi connectivity index (χ0n) is 17.3. The first kappa shape index (κ1) is 21.3. The predicted molar refractivity (Wildman–Crippen MR) is 114 cm³/mol. The first-order chi connectivity index (χ1) is 14.3. The lowest BCUT2D eigenvalue weighted by atomic mass is 10.0. The highest BCUT2D eigenvalue weighted by molar-refractivity contribution is 8.00. The maximum atomic E-state index is 12.9. The van der Waals surface area contributed by atoms with Crippen molar-refractivity contribution in [3.63, 3.8) is 0 Å². The lowest BCUT2D eigenvalue weighted by Crippen LogP contribution is -2.44. The molecule has 2 saturated heterocycles. The zero-order valence-corrected chi connectivity index (χ0v) is 18.1. The third-order valence-electron chi connectivity index (χ3n) is 5.88. The number of hydrogen-bond acceptors (Lipinski definition) is 4. The molecule has 0 N–H and O–H groups in total. The highest BCUT2D eigenvalue weighted by atomic mass is 32.2. The second-order valence-electron chi connectivity index (χ2n) is 8.21. The number of rotatable bonds is 6. The number of fused-ring (bicyclic) bond motifs is 2. The van der Waals surface area contributed by atoms with Crippen LogP contribution in [0.3, 0.4) is 0 Å². The third kappa shape index (κ3) is 4.56. The van der Waals surface area contributed by atoms with E-state index in [0.29, 0.717) is 29.8 Å². The van der Waals surface area contributed by atoms with E-state index in [1.54, 1.807) is 0 Å². The van der Waals surface area contributed by atoms with E-state index in [-0.39, 0.29) is 0 Å². The van der Waals surface area contributed by atoms with Gasteiger partial charge < -0.3 is 9.64 Å². The molecule has 7 heteroatoms. The number of benzene rings is 1. The van der Waals surface area contributed by atoms with E-state index >= 15 is 0 Å². The van der Waals surface area contributed by atoms with Crippen LogP contribution in [0.25, 0.3) is 0 Å². The molecular weight excluding hydrogens is 409 g/mol. The Morgan fingerprint density at radius 1 is 1.13 bits per heavy atom. The molecule has 2 aliphatic heterocycles. The Kier molecular flexibility index (Phi) is 6.19. The van der Waals surface area contributed by atoms with Gasteiger partial charge in [-0.15, -0.1) is 11.8 Å². The van der Waals surface area contributed by atoms with Gasteiger partial charge >= 0.3 is 6.18 Å². The van der Waals surface area contributed by atoms with Crippen molar-refractivity contribution in [2.75, 3.05) is 11.5 Å². The molecule has 0 spiro atoms. The monoisotopic (exact) mass is 436 g/mol. The van der Waals surface area contributed by atoms with Crippen LogP contribution in [0.2, 0.25) is 0 Å². The number of aromatic nitrogens is 1. The van der Waals surface area contributed by atoms with Gasteiger partial charge in [-0.2, -0.15) is 13.2 Å². The van der Waals surface area contributed by atoms with E-state index in [4.69, 9.17) is 4.74 Å². The number of pyridine rings is 1. The van der Waals surface area contributed by atoms with Crippen LogP contribution < -0.4 is 9.64 Å². The summed E-state index contributed by atoms with van der Waals surface area (Å²) in [5.41, 5.74) is 0.497. The molecule has 3 atom stereocenters. The fourth-order valence-corrected chi connectivity index (χ4v) is 5.90. The Hall–Kier alpha value is -1.89. The minimum absolute atomic E-state index is 0.330. The molecule has 3 nitrogen and oxygen atoms in total. The number of aryl methyl sites for hydroxylation is 1. The molecule has 0 saturated carbocycles. The first-order valence-corrected chi connectivity index (χ1v) is 11.4. The fraction of sp³-hybridized carbons (Fsp3) is 0.522. The summed E-state index contributed by atoms with van der Waals surface area (Å²) in [5, 5.41) is 0.472. The highest BCUT2D eigenvalue weighted by Crippen LogP contribution is 2.46. The van der Waals surface area contributed by atoms with Gasteiger partial charge in [0.05, 0.1) is 12.2 Å². The molecule has 30 heavy (non-hydrogen) atoms. The summed E-state index contributed by atoms with van der Waals surface area (Å²) < 4.78 is 44.5. The quantitative estimate of drug-likeness (QED) is 0.517. The van der Waals surface area contributed by atoms with E-state index in [2.05, 4.69) is 41.9 Å². The molecule has 2 aromatic rings. The summed E-state index contributed by atoms with van der Waals surface area (Å²) >= 11 is 1.88. The van der Waals surface area contributed by atoms with Crippen molar-refractivity contribution in [1.29, 1.82) is 0 Å². The summed E-state index contributed by atoms with van der Waals surface area (Å²) in [6.07, 6.45) is 1.73. The fourth-order valence-electron chi connectivity index (χ4n) is 4.52. The predicted octanol–water partition coefficient (Wildman–Crippen LogP) is 6.49. The Bertz CT molecular complexity index is 858. The molecule has 0 radical (unpaired) electrons. The number of thioether (sulfide) groups is 1. The molecular formula is C23H27F3N2OS. The smallest absolute Gasteiger partial charge is 0.417 e. The average Bonchev–Trinajstić information content (AvgIpc) is 2.98. The van der Waals surface area contributed by atoms with Crippen molar-refractivity contribution in [3.8, 4) is 5.75 Å². The molecule has 162 valence electrons. The minimum atomic E-state index is -4.35. The number of nitrogens with zero attached hydrogens (tertiary/aromatic N) is 2.